The highest BCUT2D eigenvalue weighted by atomic mass is 16.5. The summed E-state index contributed by atoms with van der Waals surface area (Å²) in [7, 11) is 3.26. The number of anilines is 9. The summed E-state index contributed by atoms with van der Waals surface area (Å²) in [5.41, 5.74) is 24.5. The molecule has 21 heteroatoms. The first-order chi connectivity index (χ1) is 50.5. The molecule has 0 spiro atoms. The summed E-state index contributed by atoms with van der Waals surface area (Å²) in [6.45, 7) is 19.3. The third kappa shape index (κ3) is 15.7. The molecule has 8 aromatic heterocycles. The predicted octanol–water partition coefficient (Wildman–Crippen LogP) is 14.3. The van der Waals surface area contributed by atoms with Crippen LogP contribution in [-0.4, -0.2) is 170 Å². The van der Waals surface area contributed by atoms with E-state index in [1.165, 1.54) is 88.3 Å². The van der Waals surface area contributed by atoms with Crippen molar-refractivity contribution in [2.24, 2.45) is 11.7 Å². The number of ether oxygens (including phenoxy) is 2. The van der Waals surface area contributed by atoms with E-state index in [4.69, 9.17) is 15.2 Å². The van der Waals surface area contributed by atoms with Crippen LogP contribution >= 0.6 is 0 Å². The van der Waals surface area contributed by atoms with Crippen molar-refractivity contribution in [3.8, 4) is 45.5 Å². The third-order valence-electron chi connectivity index (χ3n) is 20.8. The smallest absolute Gasteiger partial charge is 0.248 e. The average Bonchev–Trinajstić information content (AvgIpc) is 1.77. The van der Waals surface area contributed by atoms with Gasteiger partial charge in [0.15, 0.2) is 16.9 Å². The molecule has 0 radical (unpaired) electrons. The summed E-state index contributed by atoms with van der Waals surface area (Å²) in [5, 5.41) is 10.6. The Morgan fingerprint density at radius 2 is 0.816 bits per heavy atom. The summed E-state index contributed by atoms with van der Waals surface area (Å²) in [4.78, 5) is 49.0. The number of aromatic nitrogens is 8. The van der Waals surface area contributed by atoms with Crippen molar-refractivity contribution in [2.45, 2.75) is 64.5 Å². The number of piperazine rings is 3. The fraction of sp³-hybridized carbons (Fsp3) is 0.317. The van der Waals surface area contributed by atoms with Crippen LogP contribution in [0.3, 0.4) is 0 Å². The Kier molecular flexibility index (Phi) is 20.5. The van der Waals surface area contributed by atoms with Gasteiger partial charge < -0.3 is 45.9 Å². The van der Waals surface area contributed by atoms with E-state index in [-0.39, 0.29) is 0 Å². The number of amides is 1. The molecule has 5 fully saturated rings. The van der Waals surface area contributed by atoms with Crippen molar-refractivity contribution in [2.75, 3.05) is 130 Å². The molecule has 0 unspecified atom stereocenters. The Bertz CT molecular complexity index is 4810. The van der Waals surface area contributed by atoms with E-state index in [2.05, 4.69) is 200 Å². The maximum atomic E-state index is 11.4. The molecule has 3 aliphatic heterocycles. The number of rotatable bonds is 20. The van der Waals surface area contributed by atoms with Gasteiger partial charge in [-0.15, -0.1) is 0 Å². The highest BCUT2D eigenvalue weighted by Gasteiger charge is 2.32. The Balaban J connectivity index is 0.000000125. The lowest BCUT2D eigenvalue weighted by Gasteiger charge is -2.43. The number of primary amides is 1. The van der Waals surface area contributed by atoms with Crippen molar-refractivity contribution < 1.29 is 14.3 Å². The normalized spacial score (nSPS) is 16.1. The minimum absolute atomic E-state index is 0.427. The molecule has 1 amide bonds. The second-order valence-electron chi connectivity index (χ2n) is 27.8. The molecule has 12 aromatic rings. The summed E-state index contributed by atoms with van der Waals surface area (Å²) in [6.07, 6.45) is 23.1. The Morgan fingerprint density at radius 1 is 0.437 bits per heavy atom. The number of nitrogens with two attached hydrogens (primary N) is 1. The topological polar surface area (TPSA) is 195 Å². The van der Waals surface area contributed by atoms with E-state index >= 15 is 0 Å². The lowest BCUT2D eigenvalue weighted by atomic mass is 9.91. The first-order valence-corrected chi connectivity index (χ1v) is 36.4. The molecule has 2 saturated carbocycles. The maximum absolute atomic E-state index is 11.4. The molecule has 0 atom stereocenters. The van der Waals surface area contributed by atoms with Gasteiger partial charge in [0.05, 0.1) is 48.4 Å². The summed E-state index contributed by atoms with van der Waals surface area (Å²) in [5.74, 6) is 1.52. The van der Waals surface area contributed by atoms with Crippen LogP contribution in [0.25, 0.3) is 50.7 Å². The van der Waals surface area contributed by atoms with Gasteiger partial charge in [-0.1, -0.05) is 32.4 Å². The van der Waals surface area contributed by atoms with Gasteiger partial charge in [-0.05, 0) is 184 Å². The predicted molar refractivity (Wildman–Crippen MR) is 415 cm³/mol. The van der Waals surface area contributed by atoms with Gasteiger partial charge in [0.1, 0.15) is 0 Å². The monoisotopic (exact) mass is 1380 g/mol. The number of nitrogens with one attached hydrogen (secondary N) is 3. The van der Waals surface area contributed by atoms with Crippen LogP contribution in [0, 0.1) is 5.92 Å². The third-order valence-corrected chi connectivity index (χ3v) is 20.8. The van der Waals surface area contributed by atoms with Crippen LogP contribution in [-0.2, 0) is 0 Å². The van der Waals surface area contributed by atoms with Gasteiger partial charge in [0, 0.05) is 203 Å². The first-order valence-electron chi connectivity index (χ1n) is 36.4. The van der Waals surface area contributed by atoms with Gasteiger partial charge in [0.2, 0.25) is 17.7 Å². The van der Waals surface area contributed by atoms with Crippen molar-refractivity contribution in [1.29, 1.82) is 0 Å². The fourth-order valence-electron chi connectivity index (χ4n) is 14.5. The Hall–Kier alpha value is -11.0. The fourth-order valence-corrected chi connectivity index (χ4v) is 14.5. The van der Waals surface area contributed by atoms with Crippen LogP contribution in [0.4, 0.5) is 51.2 Å². The van der Waals surface area contributed by atoms with Crippen molar-refractivity contribution in [1.82, 2.24) is 52.8 Å². The summed E-state index contributed by atoms with van der Waals surface area (Å²) in [6, 6.07) is 55.5. The zero-order valence-corrected chi connectivity index (χ0v) is 59.4. The molecule has 17 rings (SSSR count). The van der Waals surface area contributed by atoms with E-state index < -0.39 is 5.91 Å². The number of benzene rings is 4. The second-order valence-corrected chi connectivity index (χ2v) is 27.8. The number of methoxy groups -OCH3 is 2. The zero-order valence-electron chi connectivity index (χ0n) is 59.4. The summed E-state index contributed by atoms with van der Waals surface area (Å²) >= 11 is 0. The molecule has 2 aliphatic carbocycles. The van der Waals surface area contributed by atoms with E-state index in [0.717, 1.165) is 155 Å². The minimum atomic E-state index is -0.427. The van der Waals surface area contributed by atoms with Gasteiger partial charge in [0.25, 0.3) is 0 Å². The first kappa shape index (κ1) is 67.8. The van der Waals surface area contributed by atoms with E-state index in [9.17, 15) is 4.79 Å². The number of fused-ring (bicyclic) bond motifs is 3. The van der Waals surface area contributed by atoms with Crippen molar-refractivity contribution >= 4 is 74.0 Å². The Labute approximate surface area is 602 Å². The SMILES string of the molecule is CC(C)CCN1CCN(c2ccc(Nc3ccc(-c4ccc(C(N)=O)cc4)n4ccnc34)cc2)CC1.COc1cc(-c2ccc(Nc3ccc(N4CCN(C5CC5)CC4)cc3)c3nccn23)ccn1.COc1cc(-c2ccc(Nc3ccc(N4CCN(C5CCC5)CC4)cc3)c3nccn23)ccn1. The number of hydrogen-bond donors (Lipinski definition) is 4. The van der Waals surface area contributed by atoms with E-state index in [1.807, 2.05) is 73.4 Å². The molecule has 103 heavy (non-hydrogen) atoms. The summed E-state index contributed by atoms with van der Waals surface area (Å²) < 4.78 is 16.8. The highest BCUT2D eigenvalue weighted by Crippen LogP contribution is 2.35. The Morgan fingerprint density at radius 3 is 1.17 bits per heavy atom. The number of hydrogen-bond acceptors (Lipinski definition) is 17. The van der Waals surface area contributed by atoms with Crippen LogP contribution < -0.4 is 45.9 Å². The lowest BCUT2D eigenvalue weighted by Crippen LogP contribution is -2.52. The van der Waals surface area contributed by atoms with Gasteiger partial charge >= 0.3 is 0 Å². The quantitative estimate of drug-likeness (QED) is 0.0562. The molecule has 11 heterocycles. The number of imidazole rings is 3. The molecule has 528 valence electrons. The van der Waals surface area contributed by atoms with Crippen LogP contribution in [0.15, 0.2) is 207 Å². The molecular weight excluding hydrogens is 1290 g/mol. The lowest BCUT2D eigenvalue weighted by molar-refractivity contribution is 0.1000. The molecule has 21 nitrogen and oxygen atoms in total. The average molecular weight is 1380 g/mol. The van der Waals surface area contributed by atoms with Crippen molar-refractivity contribution in [3.63, 3.8) is 0 Å². The van der Waals surface area contributed by atoms with Crippen molar-refractivity contribution in [3.05, 3.63) is 213 Å². The highest BCUT2D eigenvalue weighted by molar-refractivity contribution is 5.93. The number of pyridine rings is 5. The molecule has 3 saturated heterocycles. The molecule has 0 bridgehead atoms. The number of carbonyl (C=O) groups excluding carboxylic acids is 1. The minimum Gasteiger partial charge on any atom is -0.481 e. The standard InChI is InChI=1S/C29H34N6O.C27H30N6O.C26H28N6O/c1-21(2)13-15-33-17-19-34(20-18-33)25-9-7-24(8-10-25)32-26-11-12-27(35-16-14-31-29(26)35)22-3-5-23(6-4-22)28(30)36;1-34-26-19-20(11-12-28-26)25-10-9-24(27-29-13-14-33(25)27)30-21-5-7-23(8-6-21)32-17-15-31(16-18-32)22-3-2-4-22;1-33-25-18-19(10-11-27-25)24-9-8-23(26-28-12-13-32(24)26)29-20-2-4-21(5-3-20)30-14-16-31(17-15-30)22-6-7-22/h3-12,14,16,21,32H,13,15,17-20H2,1-2H3,(H2,30,36);5-14,19,22,30H,2-4,15-18H2,1H3;2-5,8-13,18,22,29H,6-7,14-17H2,1H3. The van der Waals surface area contributed by atoms with Gasteiger partial charge in [-0.2, -0.15) is 0 Å². The zero-order chi connectivity index (χ0) is 70.2. The molecule has 5 aliphatic rings. The largest absolute Gasteiger partial charge is 0.481 e. The van der Waals surface area contributed by atoms with Crippen LogP contribution in [0.2, 0.25) is 0 Å². The molecule has 4 aromatic carbocycles. The maximum Gasteiger partial charge on any atom is 0.248 e. The second kappa shape index (κ2) is 31.1. The van der Waals surface area contributed by atoms with Gasteiger partial charge in [-0.25, -0.2) is 24.9 Å². The van der Waals surface area contributed by atoms with Gasteiger partial charge in [-0.3, -0.25) is 32.7 Å². The van der Waals surface area contributed by atoms with E-state index in [0.29, 0.717) is 17.3 Å². The van der Waals surface area contributed by atoms with Crippen LogP contribution in [0.1, 0.15) is 62.7 Å². The van der Waals surface area contributed by atoms with Crippen LogP contribution in [0.5, 0.6) is 11.8 Å². The van der Waals surface area contributed by atoms with E-state index in [1.54, 1.807) is 44.9 Å². The molecule has 5 N–H and O–H groups in total. The number of carbonyl (C=O) groups is 1. The molecular formula is C82H92N18O3. The number of nitrogens with zero attached hydrogens (tertiary/aromatic N) is 14.